The quantitative estimate of drug-likeness (QED) is 0.736. The maximum absolute atomic E-state index is 5.79. The Kier molecular flexibility index (Phi) is 3.60. The Morgan fingerprint density at radius 3 is 3.00 bits per heavy atom. The van der Waals surface area contributed by atoms with E-state index in [1.807, 2.05) is 11.3 Å². The first-order valence-electron chi connectivity index (χ1n) is 4.11. The van der Waals surface area contributed by atoms with Crippen molar-refractivity contribution < 1.29 is 0 Å². The zero-order valence-electron chi connectivity index (χ0n) is 6.92. The van der Waals surface area contributed by atoms with E-state index in [1.54, 1.807) is 0 Å². The highest BCUT2D eigenvalue weighted by atomic mass is 32.1. The molecule has 1 nitrogen and oxygen atoms in total. The molecule has 0 bridgehead atoms. The van der Waals surface area contributed by atoms with Gasteiger partial charge in [0, 0.05) is 10.9 Å². The van der Waals surface area contributed by atoms with Crippen LogP contribution in [0.25, 0.3) is 0 Å². The van der Waals surface area contributed by atoms with Crippen molar-refractivity contribution in [2.75, 3.05) is 0 Å². The van der Waals surface area contributed by atoms with Gasteiger partial charge in [-0.2, -0.15) is 0 Å². The number of rotatable bonds is 4. The summed E-state index contributed by atoms with van der Waals surface area (Å²) >= 11 is 1.82. The van der Waals surface area contributed by atoms with E-state index in [4.69, 9.17) is 5.73 Å². The van der Waals surface area contributed by atoms with E-state index in [1.165, 1.54) is 4.88 Å². The van der Waals surface area contributed by atoms with Crippen molar-refractivity contribution in [1.82, 2.24) is 0 Å². The topological polar surface area (TPSA) is 26.0 Å². The Morgan fingerprint density at radius 1 is 1.64 bits per heavy atom. The van der Waals surface area contributed by atoms with Gasteiger partial charge in [0.05, 0.1) is 0 Å². The van der Waals surface area contributed by atoms with Crippen LogP contribution in [0.4, 0.5) is 0 Å². The van der Waals surface area contributed by atoms with E-state index in [2.05, 4.69) is 24.4 Å². The first kappa shape index (κ1) is 8.75. The molecular weight excluding hydrogens is 154 g/mol. The maximum Gasteiger partial charge on any atom is 0.00458 e. The second-order valence-electron chi connectivity index (χ2n) is 2.79. The summed E-state index contributed by atoms with van der Waals surface area (Å²) in [5.41, 5.74) is 5.79. The molecule has 0 saturated carbocycles. The van der Waals surface area contributed by atoms with Gasteiger partial charge in [-0.25, -0.2) is 0 Å². The van der Waals surface area contributed by atoms with Crippen LogP contribution in [0.2, 0.25) is 0 Å². The zero-order valence-corrected chi connectivity index (χ0v) is 7.73. The molecule has 0 aliphatic heterocycles. The molecular formula is C9H15NS. The minimum Gasteiger partial charge on any atom is -0.328 e. The molecule has 2 heteroatoms. The fourth-order valence-electron chi connectivity index (χ4n) is 0.987. The van der Waals surface area contributed by atoms with Gasteiger partial charge in [-0.05, 0) is 30.7 Å². The van der Waals surface area contributed by atoms with Crippen molar-refractivity contribution in [2.45, 2.75) is 32.2 Å². The van der Waals surface area contributed by atoms with Crippen LogP contribution in [0.3, 0.4) is 0 Å². The Morgan fingerprint density at radius 2 is 2.45 bits per heavy atom. The molecule has 1 rings (SSSR count). The number of thiophene rings is 1. The highest BCUT2D eigenvalue weighted by molar-refractivity contribution is 7.09. The summed E-state index contributed by atoms with van der Waals surface area (Å²) in [4.78, 5) is 1.45. The summed E-state index contributed by atoms with van der Waals surface area (Å²) in [5.74, 6) is 0. The lowest BCUT2D eigenvalue weighted by Crippen LogP contribution is -2.18. The molecule has 1 aromatic rings. The lowest BCUT2D eigenvalue weighted by atomic mass is 10.1. The van der Waals surface area contributed by atoms with Gasteiger partial charge in [0.2, 0.25) is 0 Å². The van der Waals surface area contributed by atoms with Crippen LogP contribution in [0.1, 0.15) is 24.6 Å². The van der Waals surface area contributed by atoms with Gasteiger partial charge in [0.25, 0.3) is 0 Å². The highest BCUT2D eigenvalue weighted by Crippen LogP contribution is 2.11. The van der Waals surface area contributed by atoms with Gasteiger partial charge in [-0.3, -0.25) is 0 Å². The fourth-order valence-corrected chi connectivity index (χ4v) is 1.71. The Labute approximate surface area is 72.2 Å². The third-order valence-electron chi connectivity index (χ3n) is 1.87. The monoisotopic (exact) mass is 169 g/mol. The normalized spacial score (nSPS) is 13.3. The number of nitrogens with two attached hydrogens (primary N) is 1. The van der Waals surface area contributed by atoms with Gasteiger partial charge in [-0.1, -0.05) is 13.0 Å². The molecule has 0 saturated heterocycles. The van der Waals surface area contributed by atoms with Crippen LogP contribution in [-0.2, 0) is 6.42 Å². The van der Waals surface area contributed by atoms with E-state index in [-0.39, 0.29) is 0 Å². The summed E-state index contributed by atoms with van der Waals surface area (Å²) in [6, 6.07) is 4.65. The van der Waals surface area contributed by atoms with Gasteiger partial charge in [-0.15, -0.1) is 11.3 Å². The molecule has 1 atom stereocenters. The summed E-state index contributed by atoms with van der Waals surface area (Å²) in [6.07, 6.45) is 3.36. The van der Waals surface area contributed by atoms with Crippen LogP contribution in [0.5, 0.6) is 0 Å². The minimum absolute atomic E-state index is 0.386. The molecule has 2 N–H and O–H groups in total. The van der Waals surface area contributed by atoms with E-state index < -0.39 is 0 Å². The average Bonchev–Trinajstić information content (AvgIpc) is 2.52. The van der Waals surface area contributed by atoms with Crippen molar-refractivity contribution in [3.8, 4) is 0 Å². The number of hydrogen-bond acceptors (Lipinski definition) is 2. The third kappa shape index (κ3) is 3.04. The predicted octanol–water partition coefficient (Wildman–Crippen LogP) is 2.42. The first-order valence-corrected chi connectivity index (χ1v) is 4.99. The van der Waals surface area contributed by atoms with Crippen molar-refractivity contribution in [3.63, 3.8) is 0 Å². The van der Waals surface area contributed by atoms with E-state index >= 15 is 0 Å². The Bertz CT molecular complexity index is 181. The molecule has 0 aromatic carbocycles. The molecule has 1 unspecified atom stereocenters. The van der Waals surface area contributed by atoms with Gasteiger partial charge in [0.1, 0.15) is 0 Å². The molecule has 11 heavy (non-hydrogen) atoms. The van der Waals surface area contributed by atoms with Crippen molar-refractivity contribution >= 4 is 11.3 Å². The number of hydrogen-bond donors (Lipinski definition) is 1. The minimum atomic E-state index is 0.386. The van der Waals surface area contributed by atoms with Crippen LogP contribution in [0, 0.1) is 0 Å². The lowest BCUT2D eigenvalue weighted by molar-refractivity contribution is 0.599. The molecule has 1 aromatic heterocycles. The third-order valence-corrected chi connectivity index (χ3v) is 2.80. The second-order valence-corrected chi connectivity index (χ2v) is 3.82. The highest BCUT2D eigenvalue weighted by Gasteiger charge is 1.99. The van der Waals surface area contributed by atoms with Crippen LogP contribution in [-0.4, -0.2) is 6.04 Å². The van der Waals surface area contributed by atoms with Gasteiger partial charge >= 0.3 is 0 Å². The first-order chi connectivity index (χ1) is 5.33. The summed E-state index contributed by atoms with van der Waals surface area (Å²) < 4.78 is 0. The SMILES string of the molecule is CCC(N)CCc1cccs1. The maximum atomic E-state index is 5.79. The van der Waals surface area contributed by atoms with E-state index in [9.17, 15) is 0 Å². The summed E-state index contributed by atoms with van der Waals surface area (Å²) in [5, 5.41) is 2.12. The van der Waals surface area contributed by atoms with Crippen LogP contribution in [0.15, 0.2) is 17.5 Å². The predicted molar refractivity (Wildman–Crippen MR) is 50.9 cm³/mol. The average molecular weight is 169 g/mol. The van der Waals surface area contributed by atoms with Crippen molar-refractivity contribution in [2.24, 2.45) is 5.73 Å². The lowest BCUT2D eigenvalue weighted by Gasteiger charge is -2.05. The second kappa shape index (κ2) is 4.52. The van der Waals surface area contributed by atoms with Gasteiger partial charge in [0.15, 0.2) is 0 Å². The summed E-state index contributed by atoms with van der Waals surface area (Å²) in [6.45, 7) is 2.14. The molecule has 62 valence electrons. The molecule has 0 fully saturated rings. The van der Waals surface area contributed by atoms with Crippen molar-refractivity contribution in [1.29, 1.82) is 0 Å². The van der Waals surface area contributed by atoms with Crippen LogP contribution >= 0.6 is 11.3 Å². The molecule has 0 radical (unpaired) electrons. The Balaban J connectivity index is 2.23. The molecule has 0 amide bonds. The van der Waals surface area contributed by atoms with Crippen molar-refractivity contribution in [3.05, 3.63) is 22.4 Å². The Hall–Kier alpha value is -0.340. The molecule has 1 heterocycles. The standard InChI is InChI=1S/C9H15NS/c1-2-8(10)5-6-9-4-3-7-11-9/h3-4,7-8H,2,5-6,10H2,1H3. The van der Waals surface area contributed by atoms with E-state index in [0.29, 0.717) is 6.04 Å². The van der Waals surface area contributed by atoms with E-state index in [0.717, 1.165) is 19.3 Å². The smallest absolute Gasteiger partial charge is 0.00458 e. The molecule has 0 aliphatic rings. The summed E-state index contributed by atoms with van der Waals surface area (Å²) in [7, 11) is 0. The fraction of sp³-hybridized carbons (Fsp3) is 0.556. The van der Waals surface area contributed by atoms with Gasteiger partial charge < -0.3 is 5.73 Å². The largest absolute Gasteiger partial charge is 0.328 e. The number of aryl methyl sites for hydroxylation is 1. The zero-order chi connectivity index (χ0) is 8.10. The van der Waals surface area contributed by atoms with Crippen LogP contribution < -0.4 is 5.73 Å². The molecule has 0 aliphatic carbocycles. The molecule has 0 spiro atoms.